The molecule has 2 fully saturated rings. The average Bonchev–Trinajstić information content (AvgIpc) is 3.51. The summed E-state index contributed by atoms with van der Waals surface area (Å²) in [6.07, 6.45) is 7.35. The van der Waals surface area contributed by atoms with E-state index in [2.05, 4.69) is 10.5 Å². The highest BCUT2D eigenvalue weighted by molar-refractivity contribution is 5.99. The van der Waals surface area contributed by atoms with E-state index < -0.39 is 6.04 Å². The molecule has 2 aliphatic rings. The summed E-state index contributed by atoms with van der Waals surface area (Å²) >= 11 is 0. The van der Waals surface area contributed by atoms with Gasteiger partial charge in [0, 0.05) is 12.1 Å². The van der Waals surface area contributed by atoms with Gasteiger partial charge in [0.1, 0.15) is 17.4 Å². The maximum absolute atomic E-state index is 13.7. The molecule has 6 nitrogen and oxygen atoms in total. The first-order chi connectivity index (χ1) is 14.5. The minimum absolute atomic E-state index is 0.0645. The van der Waals surface area contributed by atoms with Crippen molar-refractivity contribution >= 4 is 11.8 Å². The quantitative estimate of drug-likeness (QED) is 0.767. The van der Waals surface area contributed by atoms with Crippen LogP contribution >= 0.6 is 0 Å². The van der Waals surface area contributed by atoms with Crippen LogP contribution in [0.2, 0.25) is 0 Å². The van der Waals surface area contributed by atoms with Gasteiger partial charge in [-0.05, 0) is 52.0 Å². The molecule has 0 saturated heterocycles. The maximum atomic E-state index is 13.7. The van der Waals surface area contributed by atoms with E-state index in [0.717, 1.165) is 49.7 Å². The Hall–Kier alpha value is -2.63. The zero-order valence-electron chi connectivity index (χ0n) is 18.1. The molecule has 1 heterocycles. The number of carbonyl (C=O) groups excluding carboxylic acids is 2. The number of aryl methyl sites for hydroxylation is 3. The van der Waals surface area contributed by atoms with E-state index in [1.807, 2.05) is 31.2 Å². The highest BCUT2D eigenvalue weighted by Crippen LogP contribution is 2.37. The topological polar surface area (TPSA) is 75.4 Å². The van der Waals surface area contributed by atoms with Gasteiger partial charge < -0.3 is 14.7 Å². The molecule has 0 aliphatic heterocycles. The number of benzene rings is 1. The standard InChI is InChI=1S/C24H31N3O3/c1-15-9-11-18(12-10-15)22(23(28)25-19-7-5-4-6-8-19)27(20-13-14-20)24(29)21-16(2)26-30-17(21)3/h9-12,19-20,22H,4-8,13-14H2,1-3H3,(H,25,28)/t22-/m1/s1. The molecule has 2 saturated carbocycles. The van der Waals surface area contributed by atoms with Gasteiger partial charge in [-0.3, -0.25) is 9.59 Å². The Balaban J connectivity index is 1.69. The summed E-state index contributed by atoms with van der Waals surface area (Å²) in [5.74, 6) is 0.245. The first-order valence-electron chi connectivity index (χ1n) is 11.1. The van der Waals surface area contributed by atoms with Crippen LogP contribution in [0, 0.1) is 20.8 Å². The molecule has 30 heavy (non-hydrogen) atoms. The van der Waals surface area contributed by atoms with Crippen molar-refractivity contribution in [2.45, 2.75) is 83.8 Å². The fourth-order valence-corrected chi connectivity index (χ4v) is 4.48. The van der Waals surface area contributed by atoms with Crippen molar-refractivity contribution < 1.29 is 14.1 Å². The molecule has 2 aliphatic carbocycles. The third-order valence-electron chi connectivity index (χ3n) is 6.29. The molecule has 4 rings (SSSR count). The number of rotatable bonds is 6. The summed E-state index contributed by atoms with van der Waals surface area (Å²) < 4.78 is 5.25. The number of hydrogen-bond acceptors (Lipinski definition) is 4. The van der Waals surface area contributed by atoms with E-state index >= 15 is 0 Å². The summed E-state index contributed by atoms with van der Waals surface area (Å²) in [4.78, 5) is 29.0. The van der Waals surface area contributed by atoms with Crippen LogP contribution in [0.15, 0.2) is 28.8 Å². The molecule has 2 aromatic rings. The van der Waals surface area contributed by atoms with E-state index in [1.54, 1.807) is 18.7 Å². The monoisotopic (exact) mass is 409 g/mol. The Morgan fingerprint density at radius 1 is 1.03 bits per heavy atom. The van der Waals surface area contributed by atoms with Gasteiger partial charge in [-0.25, -0.2) is 0 Å². The summed E-state index contributed by atoms with van der Waals surface area (Å²) in [5.41, 5.74) is 3.02. The molecule has 0 radical (unpaired) electrons. The van der Waals surface area contributed by atoms with Crippen LogP contribution in [-0.2, 0) is 4.79 Å². The van der Waals surface area contributed by atoms with E-state index in [4.69, 9.17) is 4.52 Å². The third-order valence-corrected chi connectivity index (χ3v) is 6.29. The summed E-state index contributed by atoms with van der Waals surface area (Å²) in [7, 11) is 0. The lowest BCUT2D eigenvalue weighted by Gasteiger charge is -2.33. The molecule has 6 heteroatoms. The van der Waals surface area contributed by atoms with Crippen molar-refractivity contribution in [2.24, 2.45) is 0 Å². The first kappa shape index (κ1) is 20.6. The van der Waals surface area contributed by atoms with Crippen LogP contribution in [0.4, 0.5) is 0 Å². The van der Waals surface area contributed by atoms with Gasteiger partial charge >= 0.3 is 0 Å². The Kier molecular flexibility index (Phi) is 5.93. The number of amides is 2. The number of nitrogens with zero attached hydrogens (tertiary/aromatic N) is 2. The number of nitrogens with one attached hydrogen (secondary N) is 1. The van der Waals surface area contributed by atoms with Gasteiger partial charge in [-0.15, -0.1) is 0 Å². The van der Waals surface area contributed by atoms with Crippen LogP contribution in [-0.4, -0.2) is 34.0 Å². The minimum Gasteiger partial charge on any atom is -0.361 e. The zero-order valence-corrected chi connectivity index (χ0v) is 18.1. The highest BCUT2D eigenvalue weighted by atomic mass is 16.5. The minimum atomic E-state index is -0.652. The second-order valence-corrected chi connectivity index (χ2v) is 8.80. The predicted octanol–water partition coefficient (Wildman–Crippen LogP) is 4.39. The van der Waals surface area contributed by atoms with Gasteiger partial charge in [0.25, 0.3) is 5.91 Å². The SMILES string of the molecule is Cc1ccc([C@H](C(=O)NC2CCCCC2)N(C(=O)c2c(C)noc2C)C2CC2)cc1. The summed E-state index contributed by atoms with van der Waals surface area (Å²) in [5, 5.41) is 7.21. The normalized spacial score (nSPS) is 18.1. The van der Waals surface area contributed by atoms with Gasteiger partial charge in [0.05, 0.1) is 5.69 Å². The van der Waals surface area contributed by atoms with Gasteiger partial charge in [0.2, 0.25) is 5.91 Å². The van der Waals surface area contributed by atoms with Crippen molar-refractivity contribution in [1.29, 1.82) is 0 Å². The Bertz CT molecular complexity index is 889. The number of carbonyl (C=O) groups is 2. The molecule has 2 amide bonds. The Labute approximate surface area is 178 Å². The van der Waals surface area contributed by atoms with E-state index in [-0.39, 0.29) is 23.9 Å². The second-order valence-electron chi connectivity index (χ2n) is 8.80. The van der Waals surface area contributed by atoms with Gasteiger partial charge in [0.15, 0.2) is 0 Å². The van der Waals surface area contributed by atoms with Crippen LogP contribution in [0.25, 0.3) is 0 Å². The molecule has 1 aromatic heterocycles. The van der Waals surface area contributed by atoms with Crippen LogP contribution in [0.3, 0.4) is 0 Å². The Morgan fingerprint density at radius 3 is 2.27 bits per heavy atom. The smallest absolute Gasteiger partial charge is 0.260 e. The van der Waals surface area contributed by atoms with E-state index in [0.29, 0.717) is 17.0 Å². The van der Waals surface area contributed by atoms with Crippen molar-refractivity contribution in [1.82, 2.24) is 15.4 Å². The van der Waals surface area contributed by atoms with Crippen molar-refractivity contribution in [3.05, 3.63) is 52.4 Å². The zero-order chi connectivity index (χ0) is 21.3. The molecular formula is C24H31N3O3. The molecule has 0 bridgehead atoms. The lowest BCUT2D eigenvalue weighted by Crippen LogP contribution is -2.48. The van der Waals surface area contributed by atoms with Crippen LogP contribution in [0.1, 0.15) is 83.9 Å². The number of hydrogen-bond donors (Lipinski definition) is 1. The van der Waals surface area contributed by atoms with Gasteiger partial charge in [-0.1, -0.05) is 54.2 Å². The van der Waals surface area contributed by atoms with E-state index in [1.165, 1.54) is 6.42 Å². The average molecular weight is 410 g/mol. The third kappa shape index (κ3) is 4.27. The van der Waals surface area contributed by atoms with Crippen molar-refractivity contribution in [3.8, 4) is 0 Å². The second kappa shape index (κ2) is 8.62. The number of aromatic nitrogens is 1. The maximum Gasteiger partial charge on any atom is 0.260 e. The molecule has 0 unspecified atom stereocenters. The molecule has 0 spiro atoms. The lowest BCUT2D eigenvalue weighted by atomic mass is 9.94. The lowest BCUT2D eigenvalue weighted by molar-refractivity contribution is -0.127. The molecular weight excluding hydrogens is 378 g/mol. The Morgan fingerprint density at radius 2 is 1.70 bits per heavy atom. The highest BCUT2D eigenvalue weighted by Gasteiger charge is 2.43. The molecule has 1 atom stereocenters. The summed E-state index contributed by atoms with van der Waals surface area (Å²) in [6.45, 7) is 5.55. The summed E-state index contributed by atoms with van der Waals surface area (Å²) in [6, 6.07) is 7.54. The fraction of sp³-hybridized carbons (Fsp3) is 0.542. The van der Waals surface area contributed by atoms with Crippen LogP contribution < -0.4 is 5.32 Å². The molecule has 1 N–H and O–H groups in total. The van der Waals surface area contributed by atoms with Crippen molar-refractivity contribution in [3.63, 3.8) is 0 Å². The molecule has 160 valence electrons. The predicted molar refractivity (Wildman–Crippen MR) is 114 cm³/mol. The largest absolute Gasteiger partial charge is 0.361 e. The fourth-order valence-electron chi connectivity index (χ4n) is 4.48. The first-order valence-corrected chi connectivity index (χ1v) is 11.1. The van der Waals surface area contributed by atoms with Crippen molar-refractivity contribution in [2.75, 3.05) is 0 Å². The van der Waals surface area contributed by atoms with Gasteiger partial charge in [-0.2, -0.15) is 0 Å². The van der Waals surface area contributed by atoms with E-state index in [9.17, 15) is 9.59 Å². The molecule has 1 aromatic carbocycles. The van der Waals surface area contributed by atoms with Crippen LogP contribution in [0.5, 0.6) is 0 Å².